The van der Waals surface area contributed by atoms with Crippen molar-refractivity contribution in [1.29, 1.82) is 0 Å². The zero-order valence-electron chi connectivity index (χ0n) is 13.4. The second-order valence-electron chi connectivity index (χ2n) is 5.70. The highest BCUT2D eigenvalue weighted by molar-refractivity contribution is 5.93. The van der Waals surface area contributed by atoms with Gasteiger partial charge in [0.15, 0.2) is 0 Å². The zero-order valence-corrected chi connectivity index (χ0v) is 13.4. The number of fused-ring (bicyclic) bond motifs is 1. The van der Waals surface area contributed by atoms with E-state index in [0.717, 1.165) is 12.1 Å². The smallest absolute Gasteiger partial charge is 0.274 e. The van der Waals surface area contributed by atoms with Gasteiger partial charge < -0.3 is 0 Å². The maximum atomic E-state index is 14.1. The van der Waals surface area contributed by atoms with Crippen LogP contribution in [0, 0.1) is 5.82 Å². The monoisotopic (exact) mass is 308 g/mol. The molecule has 1 amide bonds. The topological polar surface area (TPSA) is 52.6 Å². The quantitative estimate of drug-likeness (QED) is 0.651. The molecule has 22 heavy (non-hydrogen) atoms. The number of hydrogen-bond donors (Lipinski definition) is 2. The van der Waals surface area contributed by atoms with Crippen LogP contribution in [0.25, 0.3) is 0 Å². The van der Waals surface area contributed by atoms with Crippen molar-refractivity contribution in [1.82, 2.24) is 10.4 Å². The molecule has 1 fully saturated rings. The number of halogens is 1. The Morgan fingerprint density at radius 3 is 2.64 bits per heavy atom. The lowest BCUT2D eigenvalue weighted by molar-refractivity contribution is 0.0705. The van der Waals surface area contributed by atoms with Gasteiger partial charge in [-0.05, 0) is 42.5 Å². The summed E-state index contributed by atoms with van der Waals surface area (Å²) in [6, 6.07) is 3.50. The molecule has 5 heteroatoms. The average Bonchev–Trinajstić information content (AvgIpc) is 3.10. The standard InChI is InChI=1S/C15H19FN2O2.C2H6/c16-14-8-10(15(19)17-20)7-11-9-18(6-5-13(11)14)12-3-1-2-4-12;1-2/h7-8,12,20H,1-6,9H2,(H,17,19);1-2H3. The maximum Gasteiger partial charge on any atom is 0.274 e. The van der Waals surface area contributed by atoms with E-state index in [1.807, 2.05) is 13.8 Å². The summed E-state index contributed by atoms with van der Waals surface area (Å²) in [4.78, 5) is 13.8. The third-order valence-electron chi connectivity index (χ3n) is 4.52. The first kappa shape index (κ1) is 16.9. The average molecular weight is 308 g/mol. The minimum Gasteiger partial charge on any atom is -0.296 e. The summed E-state index contributed by atoms with van der Waals surface area (Å²) in [5.74, 6) is -1.00. The third kappa shape index (κ3) is 3.47. The zero-order chi connectivity index (χ0) is 16.1. The van der Waals surface area contributed by atoms with Crippen LogP contribution in [0.5, 0.6) is 0 Å². The van der Waals surface area contributed by atoms with Gasteiger partial charge in [0, 0.05) is 24.7 Å². The molecule has 1 heterocycles. The van der Waals surface area contributed by atoms with Crippen molar-refractivity contribution in [3.05, 3.63) is 34.6 Å². The van der Waals surface area contributed by atoms with E-state index < -0.39 is 5.91 Å². The molecule has 1 aromatic rings. The number of rotatable bonds is 2. The van der Waals surface area contributed by atoms with E-state index in [2.05, 4.69) is 4.90 Å². The number of nitrogens with zero attached hydrogens (tertiary/aromatic N) is 1. The fraction of sp³-hybridized carbons (Fsp3) is 0.588. The van der Waals surface area contributed by atoms with Gasteiger partial charge in [0.1, 0.15) is 5.82 Å². The number of hydrogen-bond acceptors (Lipinski definition) is 3. The molecule has 1 saturated carbocycles. The van der Waals surface area contributed by atoms with Gasteiger partial charge in [0.25, 0.3) is 5.91 Å². The van der Waals surface area contributed by atoms with Crippen molar-refractivity contribution in [2.75, 3.05) is 6.54 Å². The van der Waals surface area contributed by atoms with Crippen LogP contribution in [0.2, 0.25) is 0 Å². The van der Waals surface area contributed by atoms with Gasteiger partial charge in [-0.1, -0.05) is 26.7 Å². The molecule has 0 aromatic heterocycles. The van der Waals surface area contributed by atoms with Crippen molar-refractivity contribution in [3.63, 3.8) is 0 Å². The first-order valence-corrected chi connectivity index (χ1v) is 8.19. The molecule has 1 aliphatic carbocycles. The molecule has 1 aromatic carbocycles. The van der Waals surface area contributed by atoms with Gasteiger partial charge >= 0.3 is 0 Å². The van der Waals surface area contributed by atoms with Gasteiger partial charge in [-0.15, -0.1) is 0 Å². The molecule has 2 N–H and O–H groups in total. The first-order chi connectivity index (χ1) is 10.7. The Morgan fingerprint density at radius 2 is 2.00 bits per heavy atom. The second kappa shape index (κ2) is 7.70. The highest BCUT2D eigenvalue weighted by atomic mass is 19.1. The van der Waals surface area contributed by atoms with E-state index >= 15 is 0 Å². The summed E-state index contributed by atoms with van der Waals surface area (Å²) in [5, 5.41) is 8.68. The van der Waals surface area contributed by atoms with Crippen molar-refractivity contribution in [2.24, 2.45) is 0 Å². The Balaban J connectivity index is 0.000000847. The fourth-order valence-electron chi connectivity index (χ4n) is 3.44. The Labute approximate surface area is 131 Å². The van der Waals surface area contributed by atoms with Crippen LogP contribution in [0.1, 0.15) is 61.0 Å². The highest BCUT2D eigenvalue weighted by Crippen LogP contribution is 2.30. The number of carbonyl (C=O) groups is 1. The number of hydroxylamine groups is 1. The van der Waals surface area contributed by atoms with Crippen LogP contribution >= 0.6 is 0 Å². The summed E-state index contributed by atoms with van der Waals surface area (Å²) < 4.78 is 14.1. The van der Waals surface area contributed by atoms with Crippen molar-refractivity contribution >= 4 is 5.91 Å². The summed E-state index contributed by atoms with van der Waals surface area (Å²) >= 11 is 0. The van der Waals surface area contributed by atoms with E-state index in [0.29, 0.717) is 24.6 Å². The Morgan fingerprint density at radius 1 is 1.32 bits per heavy atom. The molecule has 0 atom stereocenters. The summed E-state index contributed by atoms with van der Waals surface area (Å²) in [6.07, 6.45) is 5.67. The molecular weight excluding hydrogens is 283 g/mol. The largest absolute Gasteiger partial charge is 0.296 e. The second-order valence-corrected chi connectivity index (χ2v) is 5.70. The number of benzene rings is 1. The van der Waals surface area contributed by atoms with Crippen molar-refractivity contribution in [2.45, 2.75) is 58.5 Å². The van der Waals surface area contributed by atoms with Crippen molar-refractivity contribution in [3.8, 4) is 0 Å². The first-order valence-electron chi connectivity index (χ1n) is 8.19. The Kier molecular flexibility index (Phi) is 5.91. The van der Waals surface area contributed by atoms with Gasteiger partial charge in [-0.3, -0.25) is 14.9 Å². The van der Waals surface area contributed by atoms with Gasteiger partial charge in [-0.25, -0.2) is 9.87 Å². The van der Waals surface area contributed by atoms with E-state index in [4.69, 9.17) is 5.21 Å². The number of carbonyl (C=O) groups excluding carboxylic acids is 1. The Bertz CT molecular complexity index is 528. The van der Waals surface area contributed by atoms with Crippen molar-refractivity contribution < 1.29 is 14.4 Å². The fourth-order valence-corrected chi connectivity index (χ4v) is 3.44. The van der Waals surface area contributed by atoms with Crippen LogP contribution in [-0.2, 0) is 13.0 Å². The maximum absolute atomic E-state index is 14.1. The summed E-state index contributed by atoms with van der Waals surface area (Å²) in [6.45, 7) is 5.59. The van der Waals surface area contributed by atoms with E-state index in [1.165, 1.54) is 31.7 Å². The predicted octanol–water partition coefficient (Wildman–Crippen LogP) is 3.27. The van der Waals surface area contributed by atoms with E-state index in [-0.39, 0.29) is 11.4 Å². The van der Waals surface area contributed by atoms with Crippen LogP contribution in [0.15, 0.2) is 12.1 Å². The molecule has 0 saturated heterocycles. The molecule has 0 bridgehead atoms. The molecule has 0 radical (unpaired) electrons. The lowest BCUT2D eigenvalue weighted by atomic mass is 9.95. The highest BCUT2D eigenvalue weighted by Gasteiger charge is 2.27. The molecule has 3 rings (SSSR count). The molecule has 0 unspecified atom stereocenters. The van der Waals surface area contributed by atoms with E-state index in [1.54, 1.807) is 11.5 Å². The van der Waals surface area contributed by atoms with Crippen LogP contribution in [0.4, 0.5) is 4.39 Å². The van der Waals surface area contributed by atoms with Gasteiger partial charge in [0.2, 0.25) is 0 Å². The SMILES string of the molecule is CC.O=C(NO)c1cc(F)c2c(c1)CN(C1CCCC1)CC2. The molecule has 122 valence electrons. The molecular formula is C17H25FN2O2. The number of nitrogens with one attached hydrogen (secondary N) is 1. The molecule has 1 aliphatic heterocycles. The predicted molar refractivity (Wildman–Crippen MR) is 83.4 cm³/mol. The summed E-state index contributed by atoms with van der Waals surface area (Å²) in [7, 11) is 0. The lowest BCUT2D eigenvalue weighted by Crippen LogP contribution is -2.38. The minimum absolute atomic E-state index is 0.178. The lowest BCUT2D eigenvalue weighted by Gasteiger charge is -2.34. The van der Waals surface area contributed by atoms with Crippen LogP contribution in [0.3, 0.4) is 0 Å². The Hall–Kier alpha value is -1.46. The molecule has 0 spiro atoms. The summed E-state index contributed by atoms with van der Waals surface area (Å²) in [5.41, 5.74) is 3.33. The van der Waals surface area contributed by atoms with Gasteiger partial charge in [0.05, 0.1) is 0 Å². The number of amides is 1. The molecule has 2 aliphatic rings. The van der Waals surface area contributed by atoms with Crippen LogP contribution < -0.4 is 5.48 Å². The minimum atomic E-state index is -0.662. The van der Waals surface area contributed by atoms with Gasteiger partial charge in [-0.2, -0.15) is 0 Å². The third-order valence-corrected chi connectivity index (χ3v) is 4.52. The molecule has 4 nitrogen and oxygen atoms in total. The van der Waals surface area contributed by atoms with E-state index in [9.17, 15) is 9.18 Å². The van der Waals surface area contributed by atoms with Crippen LogP contribution in [-0.4, -0.2) is 28.6 Å². The normalized spacial score (nSPS) is 18.4.